The van der Waals surface area contributed by atoms with Crippen molar-refractivity contribution in [2.45, 2.75) is 104 Å². The van der Waals surface area contributed by atoms with Gasteiger partial charge in [-0.15, -0.1) is 0 Å². The number of halogens is 1. The first-order chi connectivity index (χ1) is 21.7. The standard InChI is InChI=1S/C36H53ClN2O7/c1-25-15-17-28(22-27(25)3)14-10-8-13-21-44-32(33(35(42)43)45-24-31(40)46-36(4,5)6)34(41)39(7)20-12-9-11-19-38-29-18-16-26(2)30(37)23-29/h15-18,22-23,32-33,38H,8-14,19-21,24H2,1-7H3,(H,42,43)/t32-,33-/m1/s1. The number of ether oxygens (including phenoxy) is 3. The largest absolute Gasteiger partial charge is 0.479 e. The zero-order valence-corrected chi connectivity index (χ0v) is 29.4. The SMILES string of the molecule is Cc1ccc(CCCCCO[C@@H](C(=O)N(C)CCCCCNc2ccc(C)c(Cl)c2)[C@@H](OCC(=O)OC(C)(C)C)C(=O)O)cc1C. The number of nitrogens with zero attached hydrogens (tertiary/aromatic N) is 1. The molecule has 2 aromatic rings. The van der Waals surface area contributed by atoms with E-state index in [0.717, 1.165) is 56.3 Å². The molecule has 46 heavy (non-hydrogen) atoms. The number of esters is 1. The molecule has 2 N–H and O–H groups in total. The Bertz CT molecular complexity index is 1280. The molecule has 0 unspecified atom stereocenters. The summed E-state index contributed by atoms with van der Waals surface area (Å²) in [5, 5.41) is 14.1. The number of rotatable bonds is 20. The molecule has 0 saturated heterocycles. The van der Waals surface area contributed by atoms with E-state index in [1.807, 2.05) is 25.1 Å². The molecule has 10 heteroatoms. The molecule has 0 aliphatic heterocycles. The molecule has 0 aliphatic carbocycles. The van der Waals surface area contributed by atoms with Crippen molar-refractivity contribution in [3.05, 3.63) is 63.7 Å². The summed E-state index contributed by atoms with van der Waals surface area (Å²) in [4.78, 5) is 39.5. The molecule has 0 aliphatic rings. The monoisotopic (exact) mass is 660 g/mol. The van der Waals surface area contributed by atoms with Gasteiger partial charge in [-0.2, -0.15) is 0 Å². The van der Waals surface area contributed by atoms with E-state index in [2.05, 4.69) is 37.4 Å². The van der Waals surface area contributed by atoms with Gasteiger partial charge in [-0.25, -0.2) is 9.59 Å². The predicted octanol–water partition coefficient (Wildman–Crippen LogP) is 6.92. The number of nitrogens with one attached hydrogen (secondary N) is 1. The molecule has 256 valence electrons. The van der Waals surface area contributed by atoms with E-state index in [0.29, 0.717) is 18.0 Å². The first kappa shape index (κ1) is 39.0. The van der Waals surface area contributed by atoms with Crippen LogP contribution >= 0.6 is 11.6 Å². The number of carbonyl (C=O) groups is 3. The first-order valence-corrected chi connectivity index (χ1v) is 16.5. The highest BCUT2D eigenvalue weighted by Crippen LogP contribution is 2.20. The van der Waals surface area contributed by atoms with Crippen molar-refractivity contribution in [3.63, 3.8) is 0 Å². The van der Waals surface area contributed by atoms with Gasteiger partial charge in [0.25, 0.3) is 5.91 Å². The molecule has 0 heterocycles. The van der Waals surface area contributed by atoms with Gasteiger partial charge in [0.15, 0.2) is 12.2 Å². The van der Waals surface area contributed by atoms with Crippen LogP contribution in [0.1, 0.15) is 81.5 Å². The minimum Gasteiger partial charge on any atom is -0.479 e. The van der Waals surface area contributed by atoms with Crippen LogP contribution in [0, 0.1) is 20.8 Å². The van der Waals surface area contributed by atoms with Gasteiger partial charge in [0.05, 0.1) is 0 Å². The molecule has 0 fully saturated rings. The lowest BCUT2D eigenvalue weighted by atomic mass is 10.0. The molecule has 2 atom stereocenters. The molecule has 0 radical (unpaired) electrons. The maximum absolute atomic E-state index is 13.5. The van der Waals surface area contributed by atoms with Crippen LogP contribution in [-0.2, 0) is 35.0 Å². The topological polar surface area (TPSA) is 114 Å². The summed E-state index contributed by atoms with van der Waals surface area (Å²) in [6.07, 6.45) is 2.76. The highest BCUT2D eigenvalue weighted by Gasteiger charge is 2.38. The van der Waals surface area contributed by atoms with Gasteiger partial charge in [-0.05, 0) is 114 Å². The summed E-state index contributed by atoms with van der Waals surface area (Å²) in [6.45, 7) is 12.0. The van der Waals surface area contributed by atoms with E-state index >= 15 is 0 Å². The van der Waals surface area contributed by atoms with Crippen LogP contribution in [0.15, 0.2) is 36.4 Å². The lowest BCUT2D eigenvalue weighted by Crippen LogP contribution is -2.50. The van der Waals surface area contributed by atoms with Crippen molar-refractivity contribution in [1.82, 2.24) is 4.90 Å². The van der Waals surface area contributed by atoms with Crippen LogP contribution in [-0.4, -0.2) is 79.0 Å². The highest BCUT2D eigenvalue weighted by molar-refractivity contribution is 6.31. The van der Waals surface area contributed by atoms with Crippen LogP contribution in [0.5, 0.6) is 0 Å². The molecule has 0 bridgehead atoms. The number of carboxylic acids is 1. The molecule has 2 rings (SSSR count). The third kappa shape index (κ3) is 14.5. The summed E-state index contributed by atoms with van der Waals surface area (Å²) < 4.78 is 16.6. The number of hydrogen-bond donors (Lipinski definition) is 2. The van der Waals surface area contributed by atoms with E-state index < -0.39 is 42.3 Å². The summed E-state index contributed by atoms with van der Waals surface area (Å²) in [5.74, 6) is -2.60. The van der Waals surface area contributed by atoms with Gasteiger partial charge in [0.1, 0.15) is 12.2 Å². The van der Waals surface area contributed by atoms with Gasteiger partial charge in [0.2, 0.25) is 0 Å². The Morgan fingerprint density at radius 1 is 0.870 bits per heavy atom. The minimum atomic E-state index is -1.66. The van der Waals surface area contributed by atoms with Gasteiger partial charge < -0.3 is 29.5 Å². The number of carbonyl (C=O) groups excluding carboxylic acids is 2. The Kier molecular flexibility index (Phi) is 16.6. The smallest absolute Gasteiger partial charge is 0.336 e. The van der Waals surface area contributed by atoms with Crippen molar-refractivity contribution >= 4 is 35.1 Å². The second kappa shape index (κ2) is 19.5. The molecule has 0 spiro atoms. The average molecular weight is 661 g/mol. The number of aryl methyl sites for hydroxylation is 4. The number of benzene rings is 2. The van der Waals surface area contributed by atoms with Gasteiger partial charge in [-0.1, -0.05) is 42.3 Å². The van der Waals surface area contributed by atoms with Crippen molar-refractivity contribution in [2.24, 2.45) is 0 Å². The summed E-state index contributed by atoms with van der Waals surface area (Å²) >= 11 is 6.20. The van der Waals surface area contributed by atoms with Crippen LogP contribution in [0.2, 0.25) is 5.02 Å². The predicted molar refractivity (Wildman–Crippen MR) is 183 cm³/mol. The molecular formula is C36H53ClN2O7. The Hall–Kier alpha value is -3.14. The third-order valence-electron chi connectivity index (χ3n) is 7.59. The summed E-state index contributed by atoms with van der Waals surface area (Å²) in [7, 11) is 1.63. The van der Waals surface area contributed by atoms with Gasteiger partial charge in [-0.3, -0.25) is 4.79 Å². The van der Waals surface area contributed by atoms with E-state index in [1.54, 1.807) is 27.8 Å². The third-order valence-corrected chi connectivity index (χ3v) is 8.00. The molecule has 0 saturated carbocycles. The van der Waals surface area contributed by atoms with E-state index in [4.69, 9.17) is 25.8 Å². The number of hydrogen-bond acceptors (Lipinski definition) is 7. The molecular weight excluding hydrogens is 608 g/mol. The van der Waals surface area contributed by atoms with Crippen LogP contribution in [0.25, 0.3) is 0 Å². The quantitative estimate of drug-likeness (QED) is 0.116. The Morgan fingerprint density at radius 2 is 1.57 bits per heavy atom. The fourth-order valence-electron chi connectivity index (χ4n) is 4.80. The second-order valence-electron chi connectivity index (χ2n) is 12.9. The maximum atomic E-state index is 13.5. The number of amides is 1. The van der Waals surface area contributed by atoms with E-state index in [9.17, 15) is 19.5 Å². The summed E-state index contributed by atoms with van der Waals surface area (Å²) in [5.41, 5.74) is 5.03. The Morgan fingerprint density at radius 3 is 2.22 bits per heavy atom. The normalized spacial score (nSPS) is 12.8. The number of carboxylic acid groups (broad SMARTS) is 1. The summed E-state index contributed by atoms with van der Waals surface area (Å²) in [6, 6.07) is 12.3. The molecule has 1 amide bonds. The van der Waals surface area contributed by atoms with Gasteiger partial charge in [0, 0.05) is 37.5 Å². The van der Waals surface area contributed by atoms with Crippen molar-refractivity contribution < 1.29 is 33.7 Å². The fraction of sp³-hybridized carbons (Fsp3) is 0.583. The molecule has 2 aromatic carbocycles. The second-order valence-corrected chi connectivity index (χ2v) is 13.3. The van der Waals surface area contributed by atoms with Crippen LogP contribution < -0.4 is 5.32 Å². The lowest BCUT2D eigenvalue weighted by Gasteiger charge is -2.28. The van der Waals surface area contributed by atoms with Crippen molar-refractivity contribution in [2.75, 3.05) is 38.7 Å². The zero-order chi connectivity index (χ0) is 34.3. The van der Waals surface area contributed by atoms with Crippen molar-refractivity contribution in [3.8, 4) is 0 Å². The number of anilines is 1. The lowest BCUT2D eigenvalue weighted by molar-refractivity contribution is -0.180. The molecule has 0 aromatic heterocycles. The van der Waals surface area contributed by atoms with Crippen LogP contribution in [0.3, 0.4) is 0 Å². The minimum absolute atomic E-state index is 0.186. The number of unbranched alkanes of at least 4 members (excludes halogenated alkanes) is 4. The molecule has 9 nitrogen and oxygen atoms in total. The van der Waals surface area contributed by atoms with Gasteiger partial charge >= 0.3 is 11.9 Å². The van der Waals surface area contributed by atoms with Crippen LogP contribution in [0.4, 0.5) is 5.69 Å². The number of aliphatic carboxylic acids is 1. The Balaban J connectivity index is 1.92. The number of likely N-dealkylation sites (N-methyl/N-ethyl adjacent to an activating group) is 1. The zero-order valence-electron chi connectivity index (χ0n) is 28.6. The average Bonchev–Trinajstić information content (AvgIpc) is 2.97. The van der Waals surface area contributed by atoms with E-state index in [-0.39, 0.29) is 6.61 Å². The highest BCUT2D eigenvalue weighted by atomic mass is 35.5. The Labute approximate surface area is 279 Å². The van der Waals surface area contributed by atoms with Crippen molar-refractivity contribution in [1.29, 1.82) is 0 Å². The fourth-order valence-corrected chi connectivity index (χ4v) is 4.98. The first-order valence-electron chi connectivity index (χ1n) is 16.2. The maximum Gasteiger partial charge on any atom is 0.336 e. The van der Waals surface area contributed by atoms with E-state index in [1.165, 1.54) is 21.6 Å².